The Balaban J connectivity index is 2.43. The molecule has 1 rings (SSSR count). The summed E-state index contributed by atoms with van der Waals surface area (Å²) in [6.07, 6.45) is 1.20. The van der Waals surface area contributed by atoms with Crippen LogP contribution in [0.15, 0.2) is 0 Å². The minimum Gasteiger partial charge on any atom is -0.372 e. The molecule has 1 aliphatic heterocycles. The molecule has 0 N–H and O–H groups in total. The zero-order valence-corrected chi connectivity index (χ0v) is 11.4. The second kappa shape index (κ2) is 7.36. The number of rotatable bonds is 9. The van der Waals surface area contributed by atoms with Crippen molar-refractivity contribution in [2.24, 2.45) is 0 Å². The van der Waals surface area contributed by atoms with Gasteiger partial charge in [-0.15, -0.1) is 0 Å². The fraction of sp³-hybridized carbons (Fsp3) is 1.00. The molecule has 0 aromatic heterocycles. The highest BCUT2D eigenvalue weighted by molar-refractivity contribution is 6.60. The summed E-state index contributed by atoms with van der Waals surface area (Å²) in [4.78, 5) is 0. The summed E-state index contributed by atoms with van der Waals surface area (Å²) < 4.78 is 27.7. The van der Waals surface area contributed by atoms with Gasteiger partial charge in [0.05, 0.1) is 6.61 Å². The summed E-state index contributed by atoms with van der Waals surface area (Å²) in [6, 6.07) is 0. The molecule has 0 bridgehead atoms. The van der Waals surface area contributed by atoms with E-state index < -0.39 is 8.80 Å². The van der Waals surface area contributed by atoms with Crippen molar-refractivity contribution in [1.29, 1.82) is 0 Å². The smallest absolute Gasteiger partial charge is 0.372 e. The van der Waals surface area contributed by atoms with Crippen LogP contribution in [0, 0.1) is 0 Å². The van der Waals surface area contributed by atoms with Crippen LogP contribution in [0.5, 0.6) is 0 Å². The lowest BCUT2D eigenvalue weighted by molar-refractivity contribution is -0.212. The van der Waals surface area contributed by atoms with Gasteiger partial charge in [0.15, 0.2) is 6.29 Å². The van der Waals surface area contributed by atoms with Crippen molar-refractivity contribution in [3.63, 3.8) is 0 Å². The van der Waals surface area contributed by atoms with E-state index in [9.17, 15) is 0 Å². The van der Waals surface area contributed by atoms with Crippen molar-refractivity contribution >= 4 is 8.80 Å². The molecule has 0 aliphatic carbocycles. The van der Waals surface area contributed by atoms with Gasteiger partial charge in [0.1, 0.15) is 6.23 Å². The van der Waals surface area contributed by atoms with E-state index in [-0.39, 0.29) is 6.29 Å². The zero-order valence-electron chi connectivity index (χ0n) is 10.4. The Hall–Kier alpha value is 0.0169. The van der Waals surface area contributed by atoms with Crippen molar-refractivity contribution in [3.8, 4) is 0 Å². The maximum absolute atomic E-state index is 5.64. The average Bonchev–Trinajstić information content (AvgIpc) is 2.16. The molecular weight excluding hydrogens is 228 g/mol. The summed E-state index contributed by atoms with van der Waals surface area (Å²) >= 11 is 0. The topological polar surface area (TPSA) is 46.2 Å². The van der Waals surface area contributed by atoms with Gasteiger partial charge in [-0.25, -0.2) is 0 Å². The normalized spacial score (nSPS) is 20.8. The minimum atomic E-state index is -2.64. The van der Waals surface area contributed by atoms with Gasteiger partial charge in [0, 0.05) is 26.2 Å². The summed E-state index contributed by atoms with van der Waals surface area (Å²) in [5, 5.41) is 0. The number of hydrogen-bond donors (Lipinski definition) is 0. The van der Waals surface area contributed by atoms with Crippen LogP contribution in [-0.4, -0.2) is 47.8 Å². The lowest BCUT2D eigenvalue weighted by Crippen LogP contribution is -2.52. The van der Waals surface area contributed by atoms with E-state index >= 15 is 0 Å². The Morgan fingerprint density at radius 2 is 1.56 bits per heavy atom. The molecule has 0 radical (unpaired) electrons. The van der Waals surface area contributed by atoms with Gasteiger partial charge in [-0.3, -0.25) is 0 Å². The van der Waals surface area contributed by atoms with Gasteiger partial charge < -0.3 is 22.8 Å². The Labute approximate surface area is 98.3 Å². The molecule has 0 aromatic rings. The third-order valence-electron chi connectivity index (χ3n) is 2.20. The Morgan fingerprint density at radius 1 is 1.06 bits per heavy atom. The van der Waals surface area contributed by atoms with Crippen LogP contribution in [0.4, 0.5) is 0 Å². The molecule has 0 aromatic carbocycles. The Morgan fingerprint density at radius 3 is 1.88 bits per heavy atom. The van der Waals surface area contributed by atoms with Crippen molar-refractivity contribution in [1.82, 2.24) is 0 Å². The molecule has 0 spiro atoms. The highest BCUT2D eigenvalue weighted by Gasteiger charge is 2.42. The molecule has 0 saturated carbocycles. The third kappa shape index (κ3) is 4.12. The van der Waals surface area contributed by atoms with E-state index in [1.54, 1.807) is 0 Å². The molecule has 1 heterocycles. The molecule has 0 amide bonds. The van der Waals surface area contributed by atoms with Gasteiger partial charge in [-0.05, 0) is 20.8 Å². The molecule has 1 atom stereocenters. The first-order valence-electron chi connectivity index (χ1n) is 5.91. The van der Waals surface area contributed by atoms with E-state index in [4.69, 9.17) is 22.8 Å². The van der Waals surface area contributed by atoms with E-state index in [1.165, 1.54) is 0 Å². The number of hydrogen-bond acceptors (Lipinski definition) is 5. The maximum atomic E-state index is 5.64. The minimum absolute atomic E-state index is 0.103. The quantitative estimate of drug-likeness (QED) is 0.578. The maximum Gasteiger partial charge on any atom is 0.528 e. The molecule has 1 fully saturated rings. The van der Waals surface area contributed by atoms with Crippen molar-refractivity contribution < 1.29 is 22.8 Å². The van der Waals surface area contributed by atoms with Crippen LogP contribution >= 0.6 is 0 Å². The molecule has 16 heavy (non-hydrogen) atoms. The monoisotopic (exact) mass is 250 g/mol. The predicted octanol–water partition coefficient (Wildman–Crippen LogP) is 1.34. The van der Waals surface area contributed by atoms with Gasteiger partial charge in [0.2, 0.25) is 0 Å². The van der Waals surface area contributed by atoms with Crippen molar-refractivity contribution in [2.45, 2.75) is 33.5 Å². The second-order valence-electron chi connectivity index (χ2n) is 3.38. The first-order valence-corrected chi connectivity index (χ1v) is 7.84. The van der Waals surface area contributed by atoms with Crippen LogP contribution < -0.4 is 0 Å². The molecule has 1 saturated heterocycles. The lowest BCUT2D eigenvalue weighted by Gasteiger charge is -2.32. The highest BCUT2D eigenvalue weighted by atomic mass is 28.4. The van der Waals surface area contributed by atoms with E-state index in [0.717, 1.165) is 13.0 Å². The number of ether oxygens (including phenoxy) is 2. The molecule has 5 nitrogen and oxygen atoms in total. The SMILES string of the molecule is CCO[Si](COC1CCO1)(OCC)OCC. The summed E-state index contributed by atoms with van der Waals surface area (Å²) in [6.45, 7) is 8.28. The summed E-state index contributed by atoms with van der Waals surface area (Å²) in [7, 11) is -2.64. The molecule has 96 valence electrons. The molecule has 1 aliphatic rings. The Bertz CT molecular complexity index is 169. The first kappa shape index (κ1) is 14.1. The lowest BCUT2D eigenvalue weighted by atomic mass is 10.3. The van der Waals surface area contributed by atoms with Crippen LogP contribution in [0.2, 0.25) is 0 Å². The van der Waals surface area contributed by atoms with Gasteiger partial charge in [0.25, 0.3) is 0 Å². The molecule has 1 unspecified atom stereocenters. The third-order valence-corrected chi connectivity index (χ3v) is 4.90. The van der Waals surface area contributed by atoms with Crippen molar-refractivity contribution in [2.75, 3.05) is 32.7 Å². The van der Waals surface area contributed by atoms with Crippen LogP contribution in [0.25, 0.3) is 0 Å². The second-order valence-corrected chi connectivity index (χ2v) is 5.90. The standard InChI is InChI=1S/C10H22O5Si/c1-4-13-16(14-5-2,15-6-3)9-12-10-7-8-11-10/h10H,4-9H2,1-3H3. The van der Waals surface area contributed by atoms with Gasteiger partial charge >= 0.3 is 8.80 Å². The highest BCUT2D eigenvalue weighted by Crippen LogP contribution is 2.17. The fourth-order valence-corrected chi connectivity index (χ4v) is 3.66. The molecular formula is C10H22O5Si. The van der Waals surface area contributed by atoms with E-state index in [2.05, 4.69) is 0 Å². The first-order chi connectivity index (χ1) is 7.76. The Kier molecular flexibility index (Phi) is 6.48. The predicted molar refractivity (Wildman–Crippen MR) is 60.9 cm³/mol. The molecule has 6 heteroatoms. The van der Waals surface area contributed by atoms with E-state index in [1.807, 2.05) is 20.8 Å². The average molecular weight is 250 g/mol. The van der Waals surface area contributed by atoms with Crippen LogP contribution in [0.1, 0.15) is 27.2 Å². The van der Waals surface area contributed by atoms with Crippen LogP contribution in [0.3, 0.4) is 0 Å². The van der Waals surface area contributed by atoms with Gasteiger partial charge in [-0.2, -0.15) is 0 Å². The van der Waals surface area contributed by atoms with Gasteiger partial charge in [-0.1, -0.05) is 0 Å². The van der Waals surface area contributed by atoms with Crippen LogP contribution in [-0.2, 0) is 22.8 Å². The zero-order chi connectivity index (χ0) is 11.9. The summed E-state index contributed by atoms with van der Waals surface area (Å²) in [5.74, 6) is 0. The largest absolute Gasteiger partial charge is 0.528 e. The van der Waals surface area contributed by atoms with Crippen molar-refractivity contribution in [3.05, 3.63) is 0 Å². The summed E-state index contributed by atoms with van der Waals surface area (Å²) in [5.41, 5.74) is 0. The fourth-order valence-electron chi connectivity index (χ4n) is 1.45. The van der Waals surface area contributed by atoms with E-state index in [0.29, 0.717) is 26.1 Å².